The molecule has 0 radical (unpaired) electrons. The number of rotatable bonds is 3. The zero-order valence-corrected chi connectivity index (χ0v) is 13.6. The van der Waals surface area contributed by atoms with Crippen molar-refractivity contribution in [1.29, 1.82) is 0 Å². The molecule has 23 heavy (non-hydrogen) atoms. The van der Waals surface area contributed by atoms with Crippen LogP contribution in [0.4, 0.5) is 11.4 Å². The fourth-order valence-electron chi connectivity index (χ4n) is 2.88. The van der Waals surface area contributed by atoms with Crippen molar-refractivity contribution in [2.45, 2.75) is 33.2 Å². The van der Waals surface area contributed by atoms with E-state index in [9.17, 15) is 9.59 Å². The van der Waals surface area contributed by atoms with Gasteiger partial charge in [-0.3, -0.25) is 9.59 Å². The van der Waals surface area contributed by atoms with Crippen LogP contribution in [0.25, 0.3) is 0 Å². The van der Waals surface area contributed by atoms with Crippen LogP contribution in [0.1, 0.15) is 23.1 Å². The molecule has 2 aromatic rings. The Hall–Kier alpha value is -2.62. The number of nitrogens with zero attached hydrogens (tertiary/aromatic N) is 1. The number of carbonyl (C=O) groups excluding carboxylic acids is 2. The minimum Gasteiger partial charge on any atom is -0.373 e. The van der Waals surface area contributed by atoms with Crippen LogP contribution in [0, 0.1) is 20.8 Å². The lowest BCUT2D eigenvalue weighted by atomic mass is 10.1. The average Bonchev–Trinajstić information content (AvgIpc) is 2.79. The van der Waals surface area contributed by atoms with Crippen LogP contribution in [-0.2, 0) is 9.59 Å². The van der Waals surface area contributed by atoms with E-state index in [-0.39, 0.29) is 18.2 Å². The lowest BCUT2D eigenvalue weighted by molar-refractivity contribution is -0.121. The van der Waals surface area contributed by atoms with Gasteiger partial charge >= 0.3 is 0 Å². The maximum absolute atomic E-state index is 12.7. The maximum atomic E-state index is 12.7. The molecular formula is C19H20N2O2. The van der Waals surface area contributed by atoms with Gasteiger partial charge in [-0.05, 0) is 49.6 Å². The van der Waals surface area contributed by atoms with Gasteiger partial charge in [0.25, 0.3) is 5.91 Å². The first-order valence-corrected chi connectivity index (χ1v) is 7.73. The topological polar surface area (TPSA) is 49.4 Å². The summed E-state index contributed by atoms with van der Waals surface area (Å²) in [5.41, 5.74) is 4.59. The van der Waals surface area contributed by atoms with Crippen molar-refractivity contribution in [3.63, 3.8) is 0 Å². The largest absolute Gasteiger partial charge is 0.373 e. The van der Waals surface area contributed by atoms with E-state index in [4.69, 9.17) is 0 Å². The van der Waals surface area contributed by atoms with Crippen LogP contribution in [0.2, 0.25) is 0 Å². The van der Waals surface area contributed by atoms with Gasteiger partial charge in [-0.2, -0.15) is 0 Å². The van der Waals surface area contributed by atoms with Crippen molar-refractivity contribution in [3.05, 3.63) is 59.2 Å². The molecule has 0 spiro atoms. The van der Waals surface area contributed by atoms with E-state index < -0.39 is 6.04 Å². The highest BCUT2D eigenvalue weighted by atomic mass is 16.2. The molecule has 118 valence electrons. The van der Waals surface area contributed by atoms with Crippen LogP contribution >= 0.6 is 0 Å². The summed E-state index contributed by atoms with van der Waals surface area (Å²) in [6.45, 7) is 5.85. The third-order valence-corrected chi connectivity index (χ3v) is 4.23. The fourth-order valence-corrected chi connectivity index (χ4v) is 2.88. The monoisotopic (exact) mass is 308 g/mol. The van der Waals surface area contributed by atoms with Gasteiger partial charge in [0.2, 0.25) is 5.91 Å². The molecular weight excluding hydrogens is 288 g/mol. The summed E-state index contributed by atoms with van der Waals surface area (Å²) >= 11 is 0. The summed E-state index contributed by atoms with van der Waals surface area (Å²) in [6, 6.07) is 13.1. The molecule has 1 aliphatic heterocycles. The van der Waals surface area contributed by atoms with E-state index in [1.807, 2.05) is 63.2 Å². The fraction of sp³-hybridized carbons (Fsp3) is 0.263. The van der Waals surface area contributed by atoms with Crippen molar-refractivity contribution >= 4 is 23.2 Å². The average molecular weight is 308 g/mol. The van der Waals surface area contributed by atoms with Gasteiger partial charge in [0.05, 0.1) is 12.1 Å². The van der Waals surface area contributed by atoms with E-state index in [1.54, 1.807) is 0 Å². The first-order chi connectivity index (χ1) is 11.0. The molecule has 1 heterocycles. The zero-order valence-electron chi connectivity index (χ0n) is 13.6. The minimum absolute atomic E-state index is 0.158. The lowest BCUT2D eigenvalue weighted by Gasteiger charge is -2.19. The zero-order chi connectivity index (χ0) is 16.6. The summed E-state index contributed by atoms with van der Waals surface area (Å²) < 4.78 is 0. The Morgan fingerprint density at radius 3 is 2.48 bits per heavy atom. The Morgan fingerprint density at radius 2 is 1.74 bits per heavy atom. The number of para-hydroxylation sites is 1. The van der Waals surface area contributed by atoms with Crippen molar-refractivity contribution in [2.75, 3.05) is 10.2 Å². The molecule has 4 heteroatoms. The molecule has 1 unspecified atom stereocenters. The second-order valence-corrected chi connectivity index (χ2v) is 6.07. The molecule has 3 rings (SSSR count). The molecule has 1 fully saturated rings. The molecule has 1 aliphatic rings. The van der Waals surface area contributed by atoms with Gasteiger partial charge in [-0.1, -0.05) is 30.3 Å². The summed E-state index contributed by atoms with van der Waals surface area (Å²) in [5.74, 6) is -0.346. The quantitative estimate of drug-likeness (QED) is 0.885. The summed E-state index contributed by atoms with van der Waals surface area (Å²) in [6.07, 6.45) is 0.181. The van der Waals surface area contributed by atoms with E-state index >= 15 is 0 Å². The van der Waals surface area contributed by atoms with Gasteiger partial charge in [-0.15, -0.1) is 0 Å². The molecule has 2 amide bonds. The molecule has 1 saturated heterocycles. The predicted octanol–water partition coefficient (Wildman–Crippen LogP) is 3.36. The first kappa shape index (κ1) is 15.3. The first-order valence-electron chi connectivity index (χ1n) is 7.73. The van der Waals surface area contributed by atoms with Crippen molar-refractivity contribution in [2.24, 2.45) is 0 Å². The Kier molecular flexibility index (Phi) is 3.90. The molecule has 0 bridgehead atoms. The van der Waals surface area contributed by atoms with Crippen LogP contribution in [0.15, 0.2) is 42.5 Å². The predicted molar refractivity (Wildman–Crippen MR) is 91.6 cm³/mol. The molecule has 1 atom stereocenters. The number of hydrogen-bond donors (Lipinski definition) is 1. The highest BCUT2D eigenvalue weighted by molar-refractivity contribution is 6.23. The summed E-state index contributed by atoms with van der Waals surface area (Å²) in [5, 5.41) is 3.21. The van der Waals surface area contributed by atoms with E-state index in [1.165, 1.54) is 4.90 Å². The summed E-state index contributed by atoms with van der Waals surface area (Å²) in [4.78, 5) is 26.5. The van der Waals surface area contributed by atoms with Gasteiger partial charge in [0, 0.05) is 5.69 Å². The van der Waals surface area contributed by atoms with Gasteiger partial charge in [0.1, 0.15) is 6.04 Å². The Balaban J connectivity index is 1.88. The number of anilines is 2. The van der Waals surface area contributed by atoms with Crippen LogP contribution in [0.5, 0.6) is 0 Å². The van der Waals surface area contributed by atoms with Crippen molar-refractivity contribution in [1.82, 2.24) is 0 Å². The third-order valence-electron chi connectivity index (χ3n) is 4.23. The molecule has 0 aromatic heterocycles. The Morgan fingerprint density at radius 1 is 1.00 bits per heavy atom. The maximum Gasteiger partial charge on any atom is 0.256 e. The van der Waals surface area contributed by atoms with Crippen LogP contribution in [0.3, 0.4) is 0 Å². The molecule has 4 nitrogen and oxygen atoms in total. The Bertz CT molecular complexity index is 783. The minimum atomic E-state index is -0.511. The Labute approximate surface area is 136 Å². The molecule has 0 aliphatic carbocycles. The smallest absolute Gasteiger partial charge is 0.256 e. The number of nitrogens with one attached hydrogen (secondary N) is 1. The normalized spacial score (nSPS) is 17.7. The highest BCUT2D eigenvalue weighted by Crippen LogP contribution is 2.29. The number of carbonyl (C=O) groups is 2. The standard InChI is InChI=1S/C19H20N2O2/c1-12-8-9-14(3)17(10-12)21-18(22)11-16(19(21)23)20-15-7-5-4-6-13(15)2/h4-10,16,20H,11H2,1-3H3. The number of benzene rings is 2. The van der Waals surface area contributed by atoms with E-state index in [0.29, 0.717) is 5.69 Å². The van der Waals surface area contributed by atoms with Gasteiger partial charge < -0.3 is 5.32 Å². The number of hydrogen-bond acceptors (Lipinski definition) is 3. The van der Waals surface area contributed by atoms with Gasteiger partial charge in [0.15, 0.2) is 0 Å². The second kappa shape index (κ2) is 5.88. The van der Waals surface area contributed by atoms with Crippen molar-refractivity contribution < 1.29 is 9.59 Å². The molecule has 1 N–H and O–H groups in total. The molecule has 2 aromatic carbocycles. The number of imide groups is 1. The third kappa shape index (κ3) is 2.84. The summed E-state index contributed by atoms with van der Waals surface area (Å²) in [7, 11) is 0. The molecule has 0 saturated carbocycles. The van der Waals surface area contributed by atoms with Crippen LogP contribution in [-0.4, -0.2) is 17.9 Å². The van der Waals surface area contributed by atoms with Gasteiger partial charge in [-0.25, -0.2) is 4.90 Å². The highest BCUT2D eigenvalue weighted by Gasteiger charge is 2.40. The van der Waals surface area contributed by atoms with Crippen LogP contribution < -0.4 is 10.2 Å². The number of aryl methyl sites for hydroxylation is 3. The number of amides is 2. The van der Waals surface area contributed by atoms with E-state index in [2.05, 4.69) is 5.32 Å². The van der Waals surface area contributed by atoms with E-state index in [0.717, 1.165) is 22.4 Å². The lowest BCUT2D eigenvalue weighted by Crippen LogP contribution is -2.35. The second-order valence-electron chi connectivity index (χ2n) is 6.07. The SMILES string of the molecule is Cc1ccc(C)c(N2C(=O)CC(Nc3ccccc3C)C2=O)c1. The van der Waals surface area contributed by atoms with Crippen molar-refractivity contribution in [3.8, 4) is 0 Å².